The van der Waals surface area contributed by atoms with Gasteiger partial charge in [0.2, 0.25) is 0 Å². The summed E-state index contributed by atoms with van der Waals surface area (Å²) in [6.45, 7) is 5.31. The van der Waals surface area contributed by atoms with Crippen molar-refractivity contribution >= 4 is 0 Å². The molecule has 1 aromatic carbocycles. The maximum absolute atomic E-state index is 9.76. The van der Waals surface area contributed by atoms with Crippen LogP contribution in [0.4, 0.5) is 0 Å². The molecule has 1 aromatic rings. The second-order valence-electron chi connectivity index (χ2n) is 5.51. The highest BCUT2D eigenvalue weighted by molar-refractivity contribution is 5.40. The zero-order chi connectivity index (χ0) is 12.5. The Morgan fingerprint density at radius 3 is 2.59 bits per heavy atom. The first kappa shape index (κ1) is 12.2. The van der Waals surface area contributed by atoms with Crippen LogP contribution in [-0.2, 0) is 0 Å². The molecule has 0 aliphatic heterocycles. The maximum Gasteiger partial charge on any atom is 0.124 e. The molecule has 0 spiro atoms. The van der Waals surface area contributed by atoms with Gasteiger partial charge in [0.1, 0.15) is 11.5 Å². The van der Waals surface area contributed by atoms with Gasteiger partial charge in [-0.1, -0.05) is 19.4 Å². The highest BCUT2D eigenvalue weighted by Crippen LogP contribution is 2.40. The Kier molecular flexibility index (Phi) is 3.29. The highest BCUT2D eigenvalue weighted by Gasteiger charge is 2.31. The minimum absolute atomic E-state index is 0.101. The lowest BCUT2D eigenvalue weighted by molar-refractivity contribution is 0.151. The molecule has 3 N–H and O–H groups in total. The quantitative estimate of drug-likeness (QED) is 0.752. The average molecular weight is 235 g/mol. The van der Waals surface area contributed by atoms with E-state index in [-0.39, 0.29) is 17.5 Å². The van der Waals surface area contributed by atoms with Crippen LogP contribution in [0, 0.1) is 5.41 Å². The molecule has 17 heavy (non-hydrogen) atoms. The second kappa shape index (κ2) is 4.57. The SMILES string of the molecule is CC(NCC1(C)CCC1)c1ccc(O)cc1O. The van der Waals surface area contributed by atoms with E-state index in [4.69, 9.17) is 0 Å². The molecule has 3 heteroatoms. The molecule has 2 rings (SSSR count). The van der Waals surface area contributed by atoms with Gasteiger partial charge in [0.05, 0.1) is 0 Å². The number of phenolic OH excluding ortho intramolecular Hbond substituents is 2. The fourth-order valence-corrected chi connectivity index (χ4v) is 2.36. The van der Waals surface area contributed by atoms with E-state index >= 15 is 0 Å². The van der Waals surface area contributed by atoms with Crippen LogP contribution in [0.15, 0.2) is 18.2 Å². The van der Waals surface area contributed by atoms with Gasteiger partial charge in [-0.25, -0.2) is 0 Å². The smallest absolute Gasteiger partial charge is 0.124 e. The Labute approximate surface area is 102 Å². The number of aromatic hydroxyl groups is 2. The molecule has 1 unspecified atom stereocenters. The average Bonchev–Trinajstić information content (AvgIpc) is 2.23. The van der Waals surface area contributed by atoms with Gasteiger partial charge in [-0.3, -0.25) is 0 Å². The lowest BCUT2D eigenvalue weighted by Gasteiger charge is -2.39. The van der Waals surface area contributed by atoms with Gasteiger partial charge in [0.25, 0.3) is 0 Å². The van der Waals surface area contributed by atoms with Crippen LogP contribution in [0.3, 0.4) is 0 Å². The van der Waals surface area contributed by atoms with Crippen molar-refractivity contribution in [1.29, 1.82) is 0 Å². The van der Waals surface area contributed by atoms with Gasteiger partial charge < -0.3 is 15.5 Å². The number of benzene rings is 1. The predicted octanol–water partition coefficient (Wildman–Crippen LogP) is 2.94. The molecule has 0 aromatic heterocycles. The summed E-state index contributed by atoms with van der Waals surface area (Å²) in [5, 5.41) is 22.5. The molecule has 0 bridgehead atoms. The van der Waals surface area contributed by atoms with E-state index in [1.807, 2.05) is 6.92 Å². The molecule has 0 radical (unpaired) electrons. The normalized spacial score (nSPS) is 19.6. The van der Waals surface area contributed by atoms with Crippen LogP contribution < -0.4 is 5.32 Å². The Morgan fingerprint density at radius 2 is 2.06 bits per heavy atom. The third-order valence-corrected chi connectivity index (χ3v) is 3.88. The van der Waals surface area contributed by atoms with Crippen molar-refractivity contribution in [3.05, 3.63) is 23.8 Å². The summed E-state index contributed by atoms with van der Waals surface area (Å²) in [6.07, 6.45) is 3.90. The summed E-state index contributed by atoms with van der Waals surface area (Å²) in [6, 6.07) is 4.87. The van der Waals surface area contributed by atoms with Crippen molar-refractivity contribution in [2.24, 2.45) is 5.41 Å². The van der Waals surface area contributed by atoms with Crippen LogP contribution in [0.25, 0.3) is 0 Å². The van der Waals surface area contributed by atoms with Crippen molar-refractivity contribution in [2.75, 3.05) is 6.54 Å². The molecule has 0 heterocycles. The molecule has 1 fully saturated rings. The van der Waals surface area contributed by atoms with Gasteiger partial charge in [0, 0.05) is 24.2 Å². The minimum atomic E-state index is 0.101. The molecule has 1 aliphatic carbocycles. The second-order valence-corrected chi connectivity index (χ2v) is 5.51. The van der Waals surface area contributed by atoms with E-state index in [2.05, 4.69) is 12.2 Å². The van der Waals surface area contributed by atoms with Crippen LogP contribution in [0.1, 0.15) is 44.7 Å². The number of hydrogen-bond acceptors (Lipinski definition) is 3. The molecule has 1 saturated carbocycles. The molecule has 1 atom stereocenters. The van der Waals surface area contributed by atoms with Gasteiger partial charge in [0.15, 0.2) is 0 Å². The summed E-state index contributed by atoms with van der Waals surface area (Å²) in [7, 11) is 0. The molecule has 0 amide bonds. The molecular formula is C14H21NO2. The minimum Gasteiger partial charge on any atom is -0.508 e. The van der Waals surface area contributed by atoms with Crippen LogP contribution in [0.5, 0.6) is 11.5 Å². The maximum atomic E-state index is 9.76. The summed E-state index contributed by atoms with van der Waals surface area (Å²) < 4.78 is 0. The van der Waals surface area contributed by atoms with Gasteiger partial charge >= 0.3 is 0 Å². The van der Waals surface area contributed by atoms with Crippen molar-refractivity contribution in [1.82, 2.24) is 5.32 Å². The first-order valence-electron chi connectivity index (χ1n) is 6.25. The molecular weight excluding hydrogens is 214 g/mol. The van der Waals surface area contributed by atoms with Crippen LogP contribution >= 0.6 is 0 Å². The Bertz CT molecular complexity index is 399. The number of rotatable bonds is 4. The summed E-state index contributed by atoms with van der Waals surface area (Å²) >= 11 is 0. The van der Waals surface area contributed by atoms with Gasteiger partial charge in [-0.05, 0) is 31.2 Å². The van der Waals surface area contributed by atoms with Crippen molar-refractivity contribution in [3.8, 4) is 11.5 Å². The fourth-order valence-electron chi connectivity index (χ4n) is 2.36. The van der Waals surface area contributed by atoms with E-state index in [0.29, 0.717) is 5.41 Å². The Balaban J connectivity index is 1.96. The predicted molar refractivity (Wildman–Crippen MR) is 68.1 cm³/mol. The van der Waals surface area contributed by atoms with E-state index in [0.717, 1.165) is 12.1 Å². The Morgan fingerprint density at radius 1 is 1.35 bits per heavy atom. The standard InChI is InChI=1S/C14H21NO2/c1-10(15-9-14(2)6-3-7-14)12-5-4-11(16)8-13(12)17/h4-5,8,10,15-17H,3,6-7,9H2,1-2H3. The van der Waals surface area contributed by atoms with Crippen molar-refractivity contribution < 1.29 is 10.2 Å². The Hall–Kier alpha value is -1.22. The van der Waals surface area contributed by atoms with Crippen molar-refractivity contribution in [3.63, 3.8) is 0 Å². The van der Waals surface area contributed by atoms with Crippen molar-refractivity contribution in [2.45, 2.75) is 39.2 Å². The summed E-state index contributed by atoms with van der Waals surface area (Å²) in [5.41, 5.74) is 1.27. The zero-order valence-corrected chi connectivity index (χ0v) is 10.5. The number of hydrogen-bond donors (Lipinski definition) is 3. The topological polar surface area (TPSA) is 52.5 Å². The molecule has 3 nitrogen and oxygen atoms in total. The lowest BCUT2D eigenvalue weighted by atomic mass is 9.70. The molecule has 0 saturated heterocycles. The van der Waals surface area contributed by atoms with Gasteiger partial charge in [-0.2, -0.15) is 0 Å². The highest BCUT2D eigenvalue weighted by atomic mass is 16.3. The van der Waals surface area contributed by atoms with E-state index in [1.54, 1.807) is 12.1 Å². The fraction of sp³-hybridized carbons (Fsp3) is 0.571. The molecule has 1 aliphatic rings. The van der Waals surface area contributed by atoms with Crippen LogP contribution in [-0.4, -0.2) is 16.8 Å². The monoisotopic (exact) mass is 235 g/mol. The third-order valence-electron chi connectivity index (χ3n) is 3.88. The largest absolute Gasteiger partial charge is 0.508 e. The summed E-state index contributed by atoms with van der Waals surface area (Å²) in [4.78, 5) is 0. The number of phenols is 2. The first-order valence-corrected chi connectivity index (χ1v) is 6.25. The van der Waals surface area contributed by atoms with E-state index < -0.39 is 0 Å². The zero-order valence-electron chi connectivity index (χ0n) is 10.5. The van der Waals surface area contributed by atoms with Gasteiger partial charge in [-0.15, -0.1) is 0 Å². The lowest BCUT2D eigenvalue weighted by Crippen LogP contribution is -2.38. The number of nitrogens with one attached hydrogen (secondary N) is 1. The first-order chi connectivity index (χ1) is 8.00. The van der Waals surface area contributed by atoms with Crippen LogP contribution in [0.2, 0.25) is 0 Å². The van der Waals surface area contributed by atoms with E-state index in [9.17, 15) is 10.2 Å². The third kappa shape index (κ3) is 2.72. The van der Waals surface area contributed by atoms with E-state index in [1.165, 1.54) is 25.3 Å². The molecule has 94 valence electrons. The summed E-state index contributed by atoms with van der Waals surface area (Å²) in [5.74, 6) is 0.258.